The van der Waals surface area contributed by atoms with Gasteiger partial charge in [-0.25, -0.2) is 0 Å². The maximum atomic E-state index is 7.00. The van der Waals surface area contributed by atoms with E-state index in [2.05, 4.69) is 0 Å². The van der Waals surface area contributed by atoms with Gasteiger partial charge in [0.05, 0.1) is 0 Å². The van der Waals surface area contributed by atoms with E-state index in [1.54, 1.807) is 0 Å². The summed E-state index contributed by atoms with van der Waals surface area (Å²) in [4.78, 5) is 0. The maximum absolute atomic E-state index is 7.00. The summed E-state index contributed by atoms with van der Waals surface area (Å²) in [5, 5.41) is 7.00. The van der Waals surface area contributed by atoms with Gasteiger partial charge in [-0.05, 0) is 0 Å². The van der Waals surface area contributed by atoms with E-state index >= 15 is 0 Å². The third kappa shape index (κ3) is 76.4. The topological polar surface area (TPSA) is 77.2 Å². The summed E-state index contributed by atoms with van der Waals surface area (Å²) in [7, 11) is 1.00. The average molecular weight is 181 g/mol. The van der Waals surface area contributed by atoms with E-state index in [4.69, 9.17) is 5.11 Å². The first-order chi connectivity index (χ1) is 1.00. The number of hydrogen-bond acceptors (Lipinski definition) is 1. The van der Waals surface area contributed by atoms with Crippen LogP contribution in [0.5, 0.6) is 0 Å². The molecular weight excluding hydrogens is 177 g/mol. The van der Waals surface area contributed by atoms with E-state index < -0.39 is 0 Å². The first-order valence-corrected chi connectivity index (χ1v) is 0.447. The van der Waals surface area contributed by atoms with E-state index in [0.717, 1.165) is 7.11 Å². The Morgan fingerprint density at radius 3 is 1.00 bits per heavy atom. The fourth-order valence-electron chi connectivity index (χ4n) is 0. The number of aliphatic hydroxyl groups excluding tert-OH is 1. The van der Waals surface area contributed by atoms with Gasteiger partial charge in [0.15, 0.2) is 0 Å². The largest absolute Gasteiger partial charge is 3.00 e. The summed E-state index contributed by atoms with van der Waals surface area (Å²) in [6, 6.07) is 0. The molecule has 1 radical (unpaired) electrons. The van der Waals surface area contributed by atoms with Crippen molar-refractivity contribution >= 4 is 0 Å². The van der Waals surface area contributed by atoms with Crippen LogP contribution in [0.1, 0.15) is 0 Å². The molecule has 0 atom stereocenters. The molecule has 0 bridgehead atoms. The van der Waals surface area contributed by atoms with Crippen LogP contribution < -0.4 is 0 Å². The molecule has 0 heterocycles. The second-order valence-electron chi connectivity index (χ2n) is 0. The van der Waals surface area contributed by atoms with Crippen LogP contribution in [0, 0.1) is 0 Å². The predicted molar refractivity (Wildman–Crippen MR) is 9.52 cm³/mol. The second-order valence-corrected chi connectivity index (χ2v) is 0. The molecule has 0 aromatic rings. The Labute approximate surface area is 60.3 Å². The van der Waals surface area contributed by atoms with Gasteiger partial charge in [0.1, 0.15) is 0 Å². The van der Waals surface area contributed by atoms with Crippen molar-refractivity contribution in [3.8, 4) is 0 Å². The van der Waals surface area contributed by atoms with Gasteiger partial charge in [0.2, 0.25) is 0 Å². The molecule has 0 fully saturated rings. The SMILES string of the molecule is CO.[Cr+3].[O-2].[O-2].[Zn+2]. The van der Waals surface area contributed by atoms with Crippen molar-refractivity contribution in [3.63, 3.8) is 0 Å². The molecule has 6 heavy (non-hydrogen) atoms. The van der Waals surface area contributed by atoms with Crippen molar-refractivity contribution < 1.29 is 52.9 Å². The minimum atomic E-state index is 0. The average Bonchev–Trinajstić information content (AvgIpc) is 1.00. The third-order valence-electron chi connectivity index (χ3n) is 0. The van der Waals surface area contributed by atoms with Gasteiger partial charge in [-0.15, -0.1) is 0 Å². The summed E-state index contributed by atoms with van der Waals surface area (Å²) in [6.45, 7) is 0. The van der Waals surface area contributed by atoms with E-state index in [1.807, 2.05) is 0 Å². The first-order valence-electron chi connectivity index (χ1n) is 0.447. The summed E-state index contributed by atoms with van der Waals surface area (Å²) in [5.74, 6) is 0. The van der Waals surface area contributed by atoms with Crippen LogP contribution in [0.25, 0.3) is 0 Å². The van der Waals surface area contributed by atoms with E-state index in [-0.39, 0.29) is 47.8 Å². The maximum Gasteiger partial charge on any atom is 3.00 e. The summed E-state index contributed by atoms with van der Waals surface area (Å²) in [5.41, 5.74) is 0. The van der Waals surface area contributed by atoms with Crippen molar-refractivity contribution in [2.45, 2.75) is 0 Å². The first kappa shape index (κ1) is 61.8. The Balaban J connectivity index is -0.000000000833. The molecule has 0 saturated carbocycles. The van der Waals surface area contributed by atoms with E-state index in [9.17, 15) is 0 Å². The zero-order valence-electron chi connectivity index (χ0n) is 3.38. The zero-order valence-corrected chi connectivity index (χ0v) is 7.62. The standard InChI is InChI=1S/CH4O.Cr.2O.Zn/c1-2;;;;/h2H,1H3;;;;/q;+3;2*-2;+2. The van der Waals surface area contributed by atoms with E-state index in [0.29, 0.717) is 0 Å². The minimum absolute atomic E-state index is 0. The summed E-state index contributed by atoms with van der Waals surface area (Å²) >= 11 is 0. The quantitative estimate of drug-likeness (QED) is 0.496. The number of rotatable bonds is 0. The third-order valence-corrected chi connectivity index (χ3v) is 0. The fourth-order valence-corrected chi connectivity index (χ4v) is 0. The molecule has 33 valence electrons. The molecule has 1 N–H and O–H groups in total. The summed E-state index contributed by atoms with van der Waals surface area (Å²) in [6.07, 6.45) is 0. The molecule has 0 aromatic carbocycles. The van der Waals surface area contributed by atoms with Crippen molar-refractivity contribution in [1.82, 2.24) is 0 Å². The molecule has 3 nitrogen and oxygen atoms in total. The second kappa shape index (κ2) is 143. The Kier molecular flexibility index (Phi) is 1470. The van der Waals surface area contributed by atoms with Crippen LogP contribution in [-0.2, 0) is 47.8 Å². The van der Waals surface area contributed by atoms with Crippen molar-refractivity contribution in [2.24, 2.45) is 0 Å². The minimum Gasteiger partial charge on any atom is -2.00 e. The molecule has 0 aliphatic rings. The Morgan fingerprint density at radius 2 is 1.00 bits per heavy atom. The van der Waals surface area contributed by atoms with Crippen LogP contribution >= 0.6 is 0 Å². The predicted octanol–water partition coefficient (Wildman–Crippen LogP) is -0.634. The normalized spacial score (nSPS) is 1.00. The number of hydrogen-bond donors (Lipinski definition) is 1. The van der Waals surface area contributed by atoms with Gasteiger partial charge in [-0.1, -0.05) is 0 Å². The van der Waals surface area contributed by atoms with Crippen LogP contribution in [0.15, 0.2) is 0 Å². The molecule has 5 heteroatoms. The van der Waals surface area contributed by atoms with Gasteiger partial charge in [0, 0.05) is 7.11 Å². The van der Waals surface area contributed by atoms with Crippen LogP contribution in [-0.4, -0.2) is 12.2 Å². The van der Waals surface area contributed by atoms with Gasteiger partial charge < -0.3 is 16.1 Å². The molecule has 0 unspecified atom stereocenters. The zero-order chi connectivity index (χ0) is 2.00. The molecule has 0 aliphatic heterocycles. The van der Waals surface area contributed by atoms with E-state index in [1.165, 1.54) is 0 Å². The molecule has 0 aromatic heterocycles. The van der Waals surface area contributed by atoms with Gasteiger partial charge >= 0.3 is 36.8 Å². The van der Waals surface area contributed by atoms with Gasteiger partial charge in [-0.2, -0.15) is 0 Å². The smallest absolute Gasteiger partial charge is 2.00 e. The molecule has 0 aliphatic carbocycles. The van der Waals surface area contributed by atoms with Crippen molar-refractivity contribution in [1.29, 1.82) is 0 Å². The Hall–Kier alpha value is 1.04. The van der Waals surface area contributed by atoms with Crippen LogP contribution in [0.3, 0.4) is 0 Å². The molecule has 0 rings (SSSR count). The number of aliphatic hydroxyl groups is 1. The van der Waals surface area contributed by atoms with Gasteiger partial charge in [-0.3, -0.25) is 0 Å². The molecule has 0 spiro atoms. The molecule has 0 amide bonds. The van der Waals surface area contributed by atoms with Crippen molar-refractivity contribution in [3.05, 3.63) is 0 Å². The Morgan fingerprint density at radius 1 is 1.00 bits per heavy atom. The Bertz CT molecular complexity index is 10.8. The molecule has 0 saturated heterocycles. The van der Waals surface area contributed by atoms with Crippen molar-refractivity contribution in [2.75, 3.05) is 7.11 Å². The fraction of sp³-hybridized carbons (Fsp3) is 1.00. The van der Waals surface area contributed by atoms with Gasteiger partial charge in [0.25, 0.3) is 0 Å². The molecular formula is CH4CrO3Zn+. The summed E-state index contributed by atoms with van der Waals surface area (Å²) < 4.78 is 0. The van der Waals surface area contributed by atoms with Crippen LogP contribution in [0.4, 0.5) is 0 Å². The monoisotopic (exact) mass is 180 g/mol. The van der Waals surface area contributed by atoms with Crippen LogP contribution in [0.2, 0.25) is 0 Å².